The Hall–Kier alpha value is 0.556. The Morgan fingerprint density at radius 3 is 0.750 bits per heavy atom. The van der Waals surface area contributed by atoms with Gasteiger partial charge in [-0.15, -0.1) is 0 Å². The summed E-state index contributed by atoms with van der Waals surface area (Å²) < 4.78 is 22.8. The normalized spacial score (nSPS) is 2.92. The van der Waals surface area contributed by atoms with Gasteiger partial charge in [-0.25, -0.2) is 0 Å². The first-order chi connectivity index (χ1) is 1.73. The molecule has 0 aliphatic heterocycles. The fourth-order valence-electron chi connectivity index (χ4n) is 0. The second-order valence-electron chi connectivity index (χ2n) is 0.231. The van der Waals surface area contributed by atoms with E-state index in [0.717, 1.165) is 0 Å². The van der Waals surface area contributed by atoms with Gasteiger partial charge in [0.25, 0.3) is 11.4 Å². The van der Waals surface area contributed by atoms with Crippen molar-refractivity contribution in [2.24, 2.45) is 0 Å². The third-order valence-corrected chi connectivity index (χ3v) is 0. The molecule has 0 aromatic carbocycles. The summed E-state index contributed by atoms with van der Waals surface area (Å²) in [4.78, 5) is 0. The maximum Gasteiger partial charge on any atom is 2.00 e. The van der Waals surface area contributed by atoms with Crippen LogP contribution in [0.3, 0.4) is 0 Å². The molecular formula is H18MgO10S. The number of rotatable bonds is 0. The van der Waals surface area contributed by atoms with Crippen molar-refractivity contribution >= 4 is 34.4 Å². The predicted molar refractivity (Wildman–Crippen MR) is 46.7 cm³/mol. The van der Waals surface area contributed by atoms with Gasteiger partial charge >= 0.3 is 23.1 Å². The summed E-state index contributed by atoms with van der Waals surface area (Å²) in [6.45, 7) is 0. The Balaban J connectivity index is -0.000000001000. The van der Waals surface area contributed by atoms with E-state index in [2.05, 4.69) is 0 Å². The van der Waals surface area contributed by atoms with Crippen LogP contribution in [0.5, 0.6) is 0 Å². The molecule has 0 aromatic heterocycles. The molecule has 0 radical (unpaired) electrons. The van der Waals surface area contributed by atoms with Crippen molar-refractivity contribution in [3.8, 4) is 0 Å². The van der Waals surface area contributed by atoms with E-state index in [1.165, 1.54) is 0 Å². The van der Waals surface area contributed by atoms with E-state index in [0.29, 0.717) is 0 Å². The van der Waals surface area contributed by atoms with E-state index < -0.39 is 11.4 Å². The van der Waals surface area contributed by atoms with Crippen LogP contribution in [0.1, 0.15) is 2.85 Å². The quantitative estimate of drug-likeness (QED) is 0.305. The van der Waals surface area contributed by atoms with Crippen molar-refractivity contribution in [1.29, 1.82) is 0 Å². The third-order valence-electron chi connectivity index (χ3n) is 0. The summed E-state index contributed by atoms with van der Waals surface area (Å²) in [5.74, 6) is 0. The first-order valence-corrected chi connectivity index (χ1v) is 1.60. The van der Waals surface area contributed by atoms with Crippen molar-refractivity contribution in [2.75, 3.05) is 0 Å². The molecule has 0 saturated heterocycles. The molecule has 0 bridgehead atoms. The molecule has 0 atom stereocenters. The summed E-state index contributed by atoms with van der Waals surface area (Å²) >= 11 is -2.61. The van der Waals surface area contributed by atoms with Crippen LogP contribution in [0.15, 0.2) is 0 Å². The van der Waals surface area contributed by atoms with Crippen LogP contribution in [0, 0.1) is 0 Å². The third kappa shape index (κ3) is 3120. The second-order valence-corrected chi connectivity index (χ2v) is 0.692. The molecule has 16 N–H and O–H groups in total. The van der Waals surface area contributed by atoms with E-state index in [1.807, 2.05) is 0 Å². The van der Waals surface area contributed by atoms with Crippen molar-refractivity contribution in [2.45, 2.75) is 0 Å². The molecule has 0 rings (SSSR count). The molecule has 0 aromatic rings. The first-order valence-electron chi connectivity index (χ1n) is 0.532. The van der Waals surface area contributed by atoms with Crippen molar-refractivity contribution in [3.63, 3.8) is 0 Å². The van der Waals surface area contributed by atoms with Gasteiger partial charge < -0.3 is 41.2 Å². The minimum atomic E-state index is -2.61. The summed E-state index contributed by atoms with van der Waals surface area (Å²) in [5, 5.41) is 0. The topological polar surface area (TPSA) is 278 Å². The Morgan fingerprint density at radius 1 is 0.750 bits per heavy atom. The molecule has 0 saturated carbocycles. The van der Waals surface area contributed by atoms with Crippen molar-refractivity contribution in [1.82, 2.24) is 0 Å². The Kier molecular flexibility index (Phi) is 1130. The van der Waals surface area contributed by atoms with E-state index in [1.54, 1.807) is 0 Å². The molecule has 0 heterocycles. The van der Waals surface area contributed by atoms with Gasteiger partial charge in [0, 0.05) is 0 Å². The smallest absolute Gasteiger partial charge is 1.00 e. The zero-order valence-corrected chi connectivity index (χ0v) is 8.15. The van der Waals surface area contributed by atoms with Gasteiger partial charge in [0.15, 0.2) is 0 Å². The molecule has 0 aliphatic carbocycles. The molecular weight excluding hydrogens is 216 g/mol. The summed E-state index contributed by atoms with van der Waals surface area (Å²) in [6.07, 6.45) is 0. The van der Waals surface area contributed by atoms with E-state index in [9.17, 15) is 0 Å². The Morgan fingerprint density at radius 2 is 0.750 bits per heavy atom. The summed E-state index contributed by atoms with van der Waals surface area (Å²) in [5.41, 5.74) is 0. The largest absolute Gasteiger partial charge is 2.00 e. The molecule has 0 amide bonds. The van der Waals surface area contributed by atoms with Gasteiger partial charge in [-0.1, -0.05) is 0 Å². The Bertz CT molecular complexity index is 41.1. The maximum atomic E-state index is 8.67. The van der Waals surface area contributed by atoms with Crippen molar-refractivity contribution < 1.29 is 54.5 Å². The zero-order chi connectivity index (χ0) is 3.58. The van der Waals surface area contributed by atoms with Gasteiger partial charge in [0.1, 0.15) is 0 Å². The maximum absolute atomic E-state index is 8.67. The summed E-state index contributed by atoms with van der Waals surface area (Å²) in [6, 6.07) is 0. The fourth-order valence-corrected chi connectivity index (χ4v) is 0. The van der Waals surface area contributed by atoms with Crippen LogP contribution in [0.2, 0.25) is 0 Å². The van der Waals surface area contributed by atoms with Crippen LogP contribution in [-0.2, 0) is 11.4 Å². The van der Waals surface area contributed by atoms with E-state index in [-0.39, 0.29) is 64.2 Å². The Labute approximate surface area is 89.4 Å². The van der Waals surface area contributed by atoms with Gasteiger partial charge in [-0.2, -0.15) is 4.21 Å². The molecule has 12 heteroatoms. The number of hydrogen-bond acceptors (Lipinski definition) is 1. The molecule has 10 nitrogen and oxygen atoms in total. The van der Waals surface area contributed by atoms with Gasteiger partial charge in [0.2, 0.25) is 0 Å². The summed E-state index contributed by atoms with van der Waals surface area (Å²) in [7, 11) is 0. The van der Waals surface area contributed by atoms with E-state index in [4.69, 9.17) is 13.3 Å². The predicted octanol–water partition coefficient (Wildman–Crippen LogP) is -6.25. The molecule has 0 fully saturated rings. The molecule has 0 spiro atoms. The van der Waals surface area contributed by atoms with Crippen LogP contribution in [0.25, 0.3) is 0 Å². The van der Waals surface area contributed by atoms with Gasteiger partial charge in [0.05, 0.1) is 0 Å². The zero-order valence-electron chi connectivity index (χ0n) is 7.92. The SMILES string of the molecule is O.O.O.O.O.O.O.O=S(O)O.[H-].[H-].[Mg+2]. The minimum absolute atomic E-state index is 0. The van der Waals surface area contributed by atoms with Gasteiger partial charge in [-0.3, -0.25) is 9.11 Å². The van der Waals surface area contributed by atoms with E-state index >= 15 is 0 Å². The standard InChI is InChI=1S/Mg.H2O3S.7H2O.2H/c;1-4(2)3;;;;;;;;;/h;(H2,1,2,3);7*1H2;;/q+2;;;;;;;;;2*-1. The van der Waals surface area contributed by atoms with Crippen LogP contribution < -0.4 is 0 Å². The second kappa shape index (κ2) is 102. The fraction of sp³-hybridized carbons (Fsp3) is 0. The number of hydrogen-bond donors (Lipinski definition) is 2. The molecule has 0 aliphatic rings. The monoisotopic (exact) mass is 234 g/mol. The van der Waals surface area contributed by atoms with Gasteiger partial charge in [-0.05, 0) is 0 Å². The molecule has 12 heavy (non-hydrogen) atoms. The minimum Gasteiger partial charge on any atom is -1.00 e. The average Bonchev–Trinajstić information content (AvgIpc) is 0.811. The molecule has 0 unspecified atom stereocenters. The van der Waals surface area contributed by atoms with Crippen LogP contribution in [-0.4, -0.2) is 74.7 Å². The average molecular weight is 235 g/mol. The van der Waals surface area contributed by atoms with Crippen LogP contribution in [0.4, 0.5) is 0 Å². The van der Waals surface area contributed by atoms with Crippen LogP contribution >= 0.6 is 0 Å². The van der Waals surface area contributed by atoms with Crippen molar-refractivity contribution in [3.05, 3.63) is 0 Å². The first kappa shape index (κ1) is 133. The molecule has 86 valence electrons.